The number of nitrogen functional groups attached to an aromatic ring is 1. The van der Waals surface area contributed by atoms with Crippen molar-refractivity contribution in [3.05, 3.63) is 5.69 Å². The third-order valence-electron chi connectivity index (χ3n) is 2.45. The lowest BCUT2D eigenvalue weighted by molar-refractivity contribution is 0.738. The van der Waals surface area contributed by atoms with E-state index >= 15 is 0 Å². The van der Waals surface area contributed by atoms with E-state index < -0.39 is 0 Å². The number of thioether (sulfide) groups is 1. The summed E-state index contributed by atoms with van der Waals surface area (Å²) in [6, 6.07) is 0.410. The third kappa shape index (κ3) is 3.07. The van der Waals surface area contributed by atoms with Crippen LogP contribution in [0.15, 0.2) is 0 Å². The molecule has 0 aromatic carbocycles. The largest absolute Gasteiger partial charge is 0.394 e. The molecule has 92 valence electrons. The SMILES string of the molecule is CCSCC(C)Nc1c(N)c(CC)nn1C. The van der Waals surface area contributed by atoms with E-state index in [1.807, 2.05) is 23.5 Å². The van der Waals surface area contributed by atoms with Gasteiger partial charge in [0.25, 0.3) is 0 Å². The van der Waals surface area contributed by atoms with E-state index in [0.717, 1.165) is 35.1 Å². The van der Waals surface area contributed by atoms with E-state index in [9.17, 15) is 0 Å². The van der Waals surface area contributed by atoms with Crippen molar-refractivity contribution in [2.45, 2.75) is 33.2 Å². The van der Waals surface area contributed by atoms with Gasteiger partial charge in [-0.2, -0.15) is 16.9 Å². The molecule has 0 aliphatic carbocycles. The van der Waals surface area contributed by atoms with Crippen molar-refractivity contribution in [3.63, 3.8) is 0 Å². The first kappa shape index (κ1) is 13.2. The molecule has 1 heterocycles. The molecule has 1 atom stereocenters. The number of hydrogen-bond acceptors (Lipinski definition) is 4. The summed E-state index contributed by atoms with van der Waals surface area (Å²) >= 11 is 1.93. The minimum atomic E-state index is 0.410. The molecule has 1 unspecified atom stereocenters. The van der Waals surface area contributed by atoms with E-state index in [1.54, 1.807) is 0 Å². The van der Waals surface area contributed by atoms with Gasteiger partial charge in [-0.25, -0.2) is 0 Å². The highest BCUT2D eigenvalue weighted by atomic mass is 32.2. The lowest BCUT2D eigenvalue weighted by atomic mass is 10.3. The molecule has 0 radical (unpaired) electrons. The van der Waals surface area contributed by atoms with Crippen LogP contribution in [-0.4, -0.2) is 27.3 Å². The van der Waals surface area contributed by atoms with Crippen molar-refractivity contribution >= 4 is 23.3 Å². The zero-order chi connectivity index (χ0) is 12.1. The summed E-state index contributed by atoms with van der Waals surface area (Å²) in [5.41, 5.74) is 7.80. The van der Waals surface area contributed by atoms with E-state index in [-0.39, 0.29) is 0 Å². The highest BCUT2D eigenvalue weighted by molar-refractivity contribution is 7.99. The van der Waals surface area contributed by atoms with Crippen molar-refractivity contribution in [1.29, 1.82) is 0 Å². The second-order valence-electron chi connectivity index (χ2n) is 3.89. The molecule has 0 aliphatic heterocycles. The fraction of sp³-hybridized carbons (Fsp3) is 0.727. The normalized spacial score (nSPS) is 12.8. The summed E-state index contributed by atoms with van der Waals surface area (Å²) in [5.74, 6) is 3.18. The predicted octanol–water partition coefficient (Wildman–Crippen LogP) is 2.12. The molecule has 1 aromatic heterocycles. The lowest BCUT2D eigenvalue weighted by Crippen LogP contribution is -2.20. The van der Waals surface area contributed by atoms with Crippen LogP contribution < -0.4 is 11.1 Å². The van der Waals surface area contributed by atoms with Gasteiger partial charge in [0.05, 0.1) is 11.4 Å². The predicted molar refractivity (Wildman–Crippen MR) is 73.1 cm³/mol. The molecule has 0 bridgehead atoms. The van der Waals surface area contributed by atoms with Crippen molar-refractivity contribution < 1.29 is 0 Å². The minimum absolute atomic E-state index is 0.410. The summed E-state index contributed by atoms with van der Waals surface area (Å²) < 4.78 is 1.83. The standard InChI is InChI=1S/C11H22N4S/c1-5-9-10(12)11(15(4)14-9)13-8(3)7-16-6-2/h8,13H,5-7,12H2,1-4H3. The number of nitrogens with one attached hydrogen (secondary N) is 1. The monoisotopic (exact) mass is 242 g/mol. The second-order valence-corrected chi connectivity index (χ2v) is 5.21. The average molecular weight is 242 g/mol. The Morgan fingerprint density at radius 3 is 2.69 bits per heavy atom. The van der Waals surface area contributed by atoms with Gasteiger partial charge in [0.2, 0.25) is 0 Å². The number of hydrogen-bond donors (Lipinski definition) is 2. The van der Waals surface area contributed by atoms with Crippen LogP contribution >= 0.6 is 11.8 Å². The van der Waals surface area contributed by atoms with Gasteiger partial charge in [0, 0.05) is 18.8 Å². The zero-order valence-corrected chi connectivity index (χ0v) is 11.4. The van der Waals surface area contributed by atoms with Crippen molar-refractivity contribution in [1.82, 2.24) is 9.78 Å². The molecule has 0 saturated heterocycles. The maximum Gasteiger partial charge on any atom is 0.148 e. The number of nitrogens with two attached hydrogens (primary N) is 1. The highest BCUT2D eigenvalue weighted by Gasteiger charge is 2.13. The molecule has 0 amide bonds. The molecule has 0 spiro atoms. The Hall–Kier alpha value is -0.840. The van der Waals surface area contributed by atoms with E-state index in [1.165, 1.54) is 0 Å². The number of aryl methyl sites for hydroxylation is 2. The summed E-state index contributed by atoms with van der Waals surface area (Å²) in [6.45, 7) is 6.41. The molecule has 1 rings (SSSR count). The Balaban J connectivity index is 2.69. The summed E-state index contributed by atoms with van der Waals surface area (Å²) in [6.07, 6.45) is 0.874. The van der Waals surface area contributed by atoms with Crippen LogP contribution in [0.4, 0.5) is 11.5 Å². The molecule has 0 fully saturated rings. The Bertz CT molecular complexity index is 335. The zero-order valence-electron chi connectivity index (χ0n) is 10.6. The van der Waals surface area contributed by atoms with E-state index in [0.29, 0.717) is 6.04 Å². The minimum Gasteiger partial charge on any atom is -0.394 e. The first-order valence-electron chi connectivity index (χ1n) is 5.75. The number of nitrogens with zero attached hydrogens (tertiary/aromatic N) is 2. The van der Waals surface area contributed by atoms with Crippen LogP contribution in [0.2, 0.25) is 0 Å². The molecular weight excluding hydrogens is 220 g/mol. The Kier molecular flexibility index (Phi) is 4.99. The summed E-state index contributed by atoms with van der Waals surface area (Å²) in [5, 5.41) is 7.81. The van der Waals surface area contributed by atoms with Crippen molar-refractivity contribution in [2.24, 2.45) is 7.05 Å². The van der Waals surface area contributed by atoms with Gasteiger partial charge in [0.15, 0.2) is 0 Å². The maximum atomic E-state index is 6.04. The van der Waals surface area contributed by atoms with Gasteiger partial charge in [-0.1, -0.05) is 13.8 Å². The van der Waals surface area contributed by atoms with Gasteiger partial charge in [-0.3, -0.25) is 4.68 Å². The summed E-state index contributed by atoms with van der Waals surface area (Å²) in [7, 11) is 1.93. The topological polar surface area (TPSA) is 55.9 Å². The van der Waals surface area contributed by atoms with Gasteiger partial charge >= 0.3 is 0 Å². The molecule has 0 aliphatic rings. The van der Waals surface area contributed by atoms with Crippen LogP contribution in [-0.2, 0) is 13.5 Å². The van der Waals surface area contributed by atoms with E-state index in [2.05, 4.69) is 31.2 Å². The first-order chi connectivity index (χ1) is 7.60. The fourth-order valence-electron chi connectivity index (χ4n) is 1.60. The maximum absolute atomic E-state index is 6.04. The molecule has 4 nitrogen and oxygen atoms in total. The molecule has 16 heavy (non-hydrogen) atoms. The Morgan fingerprint density at radius 2 is 2.19 bits per heavy atom. The van der Waals surface area contributed by atoms with Crippen molar-refractivity contribution in [3.8, 4) is 0 Å². The quantitative estimate of drug-likeness (QED) is 0.802. The lowest BCUT2D eigenvalue weighted by Gasteiger charge is -2.15. The van der Waals surface area contributed by atoms with Crippen LogP contribution in [0.5, 0.6) is 0 Å². The number of anilines is 2. The Labute approximate surface area is 102 Å². The van der Waals surface area contributed by atoms with Crippen LogP contribution in [0.3, 0.4) is 0 Å². The number of aromatic nitrogens is 2. The number of rotatable bonds is 6. The first-order valence-corrected chi connectivity index (χ1v) is 6.91. The average Bonchev–Trinajstić information content (AvgIpc) is 2.53. The molecule has 0 saturated carbocycles. The highest BCUT2D eigenvalue weighted by Crippen LogP contribution is 2.23. The van der Waals surface area contributed by atoms with Gasteiger partial charge in [-0.05, 0) is 19.1 Å². The second kappa shape index (κ2) is 6.03. The Morgan fingerprint density at radius 1 is 1.50 bits per heavy atom. The summed E-state index contributed by atoms with van der Waals surface area (Å²) in [4.78, 5) is 0. The van der Waals surface area contributed by atoms with Crippen LogP contribution in [0, 0.1) is 0 Å². The van der Waals surface area contributed by atoms with Crippen LogP contribution in [0.25, 0.3) is 0 Å². The van der Waals surface area contributed by atoms with E-state index in [4.69, 9.17) is 5.73 Å². The smallest absolute Gasteiger partial charge is 0.148 e. The third-order valence-corrected chi connectivity index (χ3v) is 3.59. The fourth-order valence-corrected chi connectivity index (χ4v) is 2.27. The molecule has 5 heteroatoms. The van der Waals surface area contributed by atoms with Crippen LogP contribution in [0.1, 0.15) is 26.5 Å². The molecule has 1 aromatic rings. The van der Waals surface area contributed by atoms with Gasteiger partial charge < -0.3 is 11.1 Å². The molecular formula is C11H22N4S. The molecule has 3 N–H and O–H groups in total. The van der Waals surface area contributed by atoms with Crippen molar-refractivity contribution in [2.75, 3.05) is 22.6 Å². The van der Waals surface area contributed by atoms with Gasteiger partial charge in [-0.15, -0.1) is 0 Å². The van der Waals surface area contributed by atoms with Gasteiger partial charge in [0.1, 0.15) is 5.82 Å².